The summed E-state index contributed by atoms with van der Waals surface area (Å²) in [6, 6.07) is 0. The third kappa shape index (κ3) is 13.8. The molecule has 0 bridgehead atoms. The van der Waals surface area contributed by atoms with Gasteiger partial charge in [-0.25, -0.2) is 4.79 Å². The lowest BCUT2D eigenvalue weighted by Gasteiger charge is -2.35. The summed E-state index contributed by atoms with van der Waals surface area (Å²) in [4.78, 5) is 23.9. The Balaban J connectivity index is 4.79. The van der Waals surface area contributed by atoms with Gasteiger partial charge in [-0.2, -0.15) is 0 Å². The third-order valence-electron chi connectivity index (χ3n) is 6.15. The summed E-state index contributed by atoms with van der Waals surface area (Å²) in [5.41, 5.74) is -1.76. The molecule has 33 heavy (non-hydrogen) atoms. The number of carbonyl (C=O) groups is 2. The van der Waals surface area contributed by atoms with Crippen LogP contribution in [0.5, 0.6) is 0 Å². The molecule has 5 atom stereocenters. The van der Waals surface area contributed by atoms with Crippen LogP contribution in [0.2, 0.25) is 0 Å². The van der Waals surface area contributed by atoms with E-state index < -0.39 is 23.5 Å². The first-order chi connectivity index (χ1) is 15.1. The van der Waals surface area contributed by atoms with Crippen LogP contribution in [0.4, 0.5) is 4.79 Å². The maximum atomic E-state index is 12.5. The molecular weight excluding hydrogens is 424 g/mol. The lowest BCUT2D eigenvalue weighted by atomic mass is 9.95. The Hall–Kier alpha value is -1.34. The molecule has 0 aliphatic heterocycles. The van der Waals surface area contributed by atoms with Crippen LogP contribution >= 0.6 is 0 Å². The molecule has 196 valence electrons. The number of carbonyl (C=O) groups excluding carboxylic acids is 2. The average Bonchev–Trinajstić information content (AvgIpc) is 2.65. The van der Waals surface area contributed by atoms with Gasteiger partial charge in [0.05, 0.1) is 17.8 Å². The molecule has 7 nitrogen and oxygen atoms in total. The van der Waals surface area contributed by atoms with Crippen LogP contribution in [-0.2, 0) is 28.5 Å². The van der Waals surface area contributed by atoms with Gasteiger partial charge in [0, 0.05) is 26.4 Å². The third-order valence-corrected chi connectivity index (χ3v) is 6.15. The molecule has 0 radical (unpaired) electrons. The van der Waals surface area contributed by atoms with Crippen LogP contribution in [0.3, 0.4) is 0 Å². The zero-order valence-electron chi connectivity index (χ0n) is 23.0. The maximum absolute atomic E-state index is 12.5. The number of hydrogen-bond acceptors (Lipinski definition) is 7. The fourth-order valence-corrected chi connectivity index (χ4v) is 3.78. The van der Waals surface area contributed by atoms with E-state index in [9.17, 15) is 9.59 Å². The van der Waals surface area contributed by atoms with Crippen LogP contribution in [0.1, 0.15) is 115 Å². The van der Waals surface area contributed by atoms with Gasteiger partial charge in [-0.05, 0) is 74.1 Å². The van der Waals surface area contributed by atoms with Gasteiger partial charge in [0.2, 0.25) is 0 Å². The monoisotopic (exact) mass is 474 g/mol. The van der Waals surface area contributed by atoms with Crippen LogP contribution in [0, 0.1) is 0 Å². The summed E-state index contributed by atoms with van der Waals surface area (Å²) in [6.07, 6.45) is 2.90. The van der Waals surface area contributed by atoms with Crippen molar-refractivity contribution in [3.05, 3.63) is 0 Å². The summed E-state index contributed by atoms with van der Waals surface area (Å²) in [6.45, 7) is 21.7. The molecule has 0 heterocycles. The standard InChI is InChI=1S/C26H50O7/c1-12-19(4)29-16-15-24(8,9)31-21(6)18-26(11,14-3)33-23(28)30-20(5)17-25(10,13-2)32-22(7)27/h19-21H,12-18H2,1-11H3. The lowest BCUT2D eigenvalue weighted by Crippen LogP contribution is -2.40. The second kappa shape index (κ2) is 14.1. The van der Waals surface area contributed by atoms with E-state index in [1.165, 1.54) is 6.92 Å². The van der Waals surface area contributed by atoms with Gasteiger partial charge < -0.3 is 23.7 Å². The van der Waals surface area contributed by atoms with Crippen molar-refractivity contribution in [3.8, 4) is 0 Å². The van der Waals surface area contributed by atoms with E-state index in [2.05, 4.69) is 27.7 Å². The average molecular weight is 475 g/mol. The van der Waals surface area contributed by atoms with Gasteiger partial charge in [-0.1, -0.05) is 20.8 Å². The Morgan fingerprint density at radius 3 is 1.79 bits per heavy atom. The first kappa shape index (κ1) is 31.7. The summed E-state index contributed by atoms with van der Waals surface area (Å²) >= 11 is 0. The molecule has 7 heteroatoms. The number of hydrogen-bond donors (Lipinski definition) is 0. The van der Waals surface area contributed by atoms with Crippen LogP contribution in [-0.4, -0.2) is 53.8 Å². The normalized spacial score (nSPS) is 18.4. The van der Waals surface area contributed by atoms with Gasteiger partial charge in [0.15, 0.2) is 0 Å². The Bertz CT molecular complexity index is 591. The molecule has 0 saturated carbocycles. The van der Waals surface area contributed by atoms with Gasteiger partial charge in [0.25, 0.3) is 0 Å². The zero-order chi connectivity index (χ0) is 25.9. The highest BCUT2D eigenvalue weighted by atomic mass is 16.7. The lowest BCUT2D eigenvalue weighted by molar-refractivity contribution is -0.158. The molecule has 0 aromatic heterocycles. The summed E-state index contributed by atoms with van der Waals surface area (Å²) < 4.78 is 28.7. The van der Waals surface area contributed by atoms with E-state index >= 15 is 0 Å². The molecule has 0 aromatic carbocycles. The van der Waals surface area contributed by atoms with Crippen LogP contribution in [0.25, 0.3) is 0 Å². The molecule has 0 spiro atoms. The fraction of sp³-hybridized carbons (Fsp3) is 0.923. The minimum absolute atomic E-state index is 0.119. The van der Waals surface area contributed by atoms with Crippen molar-refractivity contribution in [2.75, 3.05) is 6.61 Å². The van der Waals surface area contributed by atoms with E-state index in [0.717, 1.165) is 12.8 Å². The highest BCUT2D eigenvalue weighted by Gasteiger charge is 2.34. The first-order valence-corrected chi connectivity index (χ1v) is 12.5. The van der Waals surface area contributed by atoms with Gasteiger partial charge in [0.1, 0.15) is 17.3 Å². The first-order valence-electron chi connectivity index (χ1n) is 12.5. The summed E-state index contributed by atoms with van der Waals surface area (Å²) in [5, 5.41) is 0. The van der Waals surface area contributed by atoms with E-state index in [1.807, 2.05) is 34.6 Å². The summed E-state index contributed by atoms with van der Waals surface area (Å²) in [5.74, 6) is -0.351. The maximum Gasteiger partial charge on any atom is 0.509 e. The zero-order valence-corrected chi connectivity index (χ0v) is 23.0. The Labute approximate surface area is 202 Å². The molecule has 5 unspecified atom stereocenters. The minimum Gasteiger partial charge on any atom is -0.459 e. The van der Waals surface area contributed by atoms with Gasteiger partial charge >= 0.3 is 12.1 Å². The molecule has 0 rings (SSSR count). The summed E-state index contributed by atoms with van der Waals surface area (Å²) in [7, 11) is 0. The SMILES string of the molecule is CCC(C)OCCC(C)(C)OC(C)CC(C)(CC)OC(=O)OC(C)CC(C)(CC)OC(C)=O. The molecule has 0 amide bonds. The van der Waals surface area contributed by atoms with E-state index in [1.54, 1.807) is 6.92 Å². The molecular formula is C26H50O7. The van der Waals surface area contributed by atoms with Crippen molar-refractivity contribution in [1.82, 2.24) is 0 Å². The highest BCUT2D eigenvalue weighted by molar-refractivity contribution is 5.66. The van der Waals surface area contributed by atoms with Crippen LogP contribution < -0.4 is 0 Å². The molecule has 0 aromatic rings. The number of rotatable bonds is 16. The number of ether oxygens (including phenoxy) is 5. The Morgan fingerprint density at radius 2 is 1.30 bits per heavy atom. The van der Waals surface area contributed by atoms with Gasteiger partial charge in [-0.3, -0.25) is 4.79 Å². The predicted octanol–water partition coefficient (Wildman–Crippen LogP) is 6.60. The van der Waals surface area contributed by atoms with Crippen molar-refractivity contribution < 1.29 is 33.3 Å². The van der Waals surface area contributed by atoms with Crippen molar-refractivity contribution in [2.45, 2.75) is 150 Å². The Kier molecular flexibility index (Phi) is 13.6. The number of esters is 1. The Morgan fingerprint density at radius 1 is 0.788 bits per heavy atom. The highest BCUT2D eigenvalue weighted by Crippen LogP contribution is 2.28. The molecule has 0 fully saturated rings. The second-order valence-electron chi connectivity index (χ2n) is 10.4. The minimum atomic E-state index is -0.721. The van der Waals surface area contributed by atoms with Crippen molar-refractivity contribution in [3.63, 3.8) is 0 Å². The largest absolute Gasteiger partial charge is 0.509 e. The molecule has 0 aliphatic carbocycles. The van der Waals surface area contributed by atoms with Crippen molar-refractivity contribution in [2.24, 2.45) is 0 Å². The second-order valence-corrected chi connectivity index (χ2v) is 10.4. The van der Waals surface area contributed by atoms with Crippen molar-refractivity contribution >= 4 is 12.1 Å². The topological polar surface area (TPSA) is 80.3 Å². The van der Waals surface area contributed by atoms with E-state index in [4.69, 9.17) is 23.7 Å². The molecule has 0 aliphatic rings. The quantitative estimate of drug-likeness (QED) is 0.233. The van der Waals surface area contributed by atoms with Gasteiger partial charge in [-0.15, -0.1) is 0 Å². The van der Waals surface area contributed by atoms with E-state index in [0.29, 0.717) is 32.3 Å². The molecule has 0 saturated heterocycles. The van der Waals surface area contributed by atoms with Crippen molar-refractivity contribution in [1.29, 1.82) is 0 Å². The van der Waals surface area contributed by atoms with E-state index in [-0.39, 0.29) is 23.8 Å². The van der Waals surface area contributed by atoms with Crippen LogP contribution in [0.15, 0.2) is 0 Å². The smallest absolute Gasteiger partial charge is 0.459 e. The fourth-order valence-electron chi connectivity index (χ4n) is 3.78. The molecule has 0 N–H and O–H groups in total. The predicted molar refractivity (Wildman–Crippen MR) is 130 cm³/mol.